The van der Waals surface area contributed by atoms with Gasteiger partial charge in [0.05, 0.1) is 0 Å². The number of aliphatic hydroxyl groups excluding tert-OH is 2. The van der Waals surface area contributed by atoms with Crippen LogP contribution in [0, 0.1) is 0 Å². The fraction of sp³-hybridized carbons (Fsp3) is 0.833. The van der Waals surface area contributed by atoms with Crippen LogP contribution in [0.25, 0.3) is 0 Å². The lowest BCUT2D eigenvalue weighted by atomic mass is 10.1. The minimum absolute atomic E-state index is 0.176. The molecule has 0 rings (SSSR count). The summed E-state index contributed by atoms with van der Waals surface area (Å²) in [6.45, 7) is 11.3. The Morgan fingerprint density at radius 2 is 1.17 bits per heavy atom. The number of carboxylic acid groups (broad SMARTS) is 1. The Hall–Kier alpha value is -0.910. The first-order valence-electron chi connectivity index (χ1n) is 8.66. The summed E-state index contributed by atoms with van der Waals surface area (Å²) >= 11 is 0. The van der Waals surface area contributed by atoms with E-state index < -0.39 is 5.97 Å². The molecular weight excluding hydrogens is 296 g/mol. The van der Waals surface area contributed by atoms with Crippen molar-refractivity contribution in [1.29, 1.82) is 0 Å². The van der Waals surface area contributed by atoms with Crippen molar-refractivity contribution in [3.8, 4) is 0 Å². The number of aliphatic hydroxyl groups is 2. The molecule has 0 bridgehead atoms. The van der Waals surface area contributed by atoms with Gasteiger partial charge in [0.2, 0.25) is 0 Å². The van der Waals surface area contributed by atoms with Crippen LogP contribution in [0.1, 0.15) is 72.1 Å². The molecule has 0 saturated carbocycles. The molecule has 0 unspecified atom stereocenters. The van der Waals surface area contributed by atoms with Gasteiger partial charge in [0, 0.05) is 32.0 Å². The topological polar surface area (TPSA) is 87.0 Å². The Morgan fingerprint density at radius 1 is 0.870 bits per heavy atom. The summed E-state index contributed by atoms with van der Waals surface area (Å²) in [6.07, 6.45) is 8.78. The molecule has 5 nitrogen and oxygen atoms in total. The van der Waals surface area contributed by atoms with E-state index in [1.807, 2.05) is 0 Å². The predicted molar refractivity (Wildman–Crippen MR) is 95.7 cm³/mol. The molecule has 0 fully saturated rings. The predicted octanol–water partition coefficient (Wildman–Crippen LogP) is 3.78. The molecule has 3 N–H and O–H groups in total. The van der Waals surface area contributed by atoms with Crippen LogP contribution in [0.3, 0.4) is 0 Å². The maximum Gasteiger partial charge on any atom is 0.330 e. The van der Waals surface area contributed by atoms with Crippen molar-refractivity contribution in [2.45, 2.75) is 72.1 Å². The van der Waals surface area contributed by atoms with Gasteiger partial charge in [-0.05, 0) is 32.6 Å². The van der Waals surface area contributed by atoms with E-state index in [4.69, 9.17) is 20.1 Å². The van der Waals surface area contributed by atoms with Gasteiger partial charge >= 0.3 is 5.97 Å². The number of carbonyl (C=O) groups is 1. The smallest absolute Gasteiger partial charge is 0.330 e. The lowest BCUT2D eigenvalue weighted by molar-refractivity contribution is -0.132. The zero-order chi connectivity index (χ0) is 18.3. The SMILES string of the molecule is C=C(C)C(=O)O.CCCOCCC.OCCCCCCCCO. The van der Waals surface area contributed by atoms with Gasteiger partial charge in [0.15, 0.2) is 0 Å². The number of carboxylic acids is 1. The average molecular weight is 334 g/mol. The van der Waals surface area contributed by atoms with Gasteiger partial charge in [-0.3, -0.25) is 0 Å². The van der Waals surface area contributed by atoms with Gasteiger partial charge in [-0.2, -0.15) is 0 Å². The van der Waals surface area contributed by atoms with Crippen LogP contribution in [-0.4, -0.2) is 47.7 Å². The summed E-state index contributed by atoms with van der Waals surface area (Å²) in [7, 11) is 0. The minimum Gasteiger partial charge on any atom is -0.478 e. The number of aliphatic carboxylic acids is 1. The second kappa shape index (κ2) is 26.0. The molecule has 0 spiro atoms. The molecular formula is C18H38O5. The Bertz CT molecular complexity index is 218. The van der Waals surface area contributed by atoms with Crippen LogP contribution >= 0.6 is 0 Å². The maximum absolute atomic E-state index is 9.60. The van der Waals surface area contributed by atoms with E-state index in [9.17, 15) is 4.79 Å². The Labute approximate surface area is 142 Å². The third-order valence-electron chi connectivity index (χ3n) is 2.63. The molecule has 5 heteroatoms. The van der Waals surface area contributed by atoms with Gasteiger partial charge in [0.25, 0.3) is 0 Å². The van der Waals surface area contributed by atoms with E-state index in [-0.39, 0.29) is 5.57 Å². The highest BCUT2D eigenvalue weighted by atomic mass is 16.5. The van der Waals surface area contributed by atoms with Crippen LogP contribution in [0.4, 0.5) is 0 Å². The molecule has 140 valence electrons. The molecule has 0 heterocycles. The molecule has 0 aromatic carbocycles. The number of rotatable bonds is 12. The van der Waals surface area contributed by atoms with Gasteiger partial charge in [-0.25, -0.2) is 4.79 Å². The summed E-state index contributed by atoms with van der Waals surface area (Å²) in [4.78, 5) is 9.60. The largest absolute Gasteiger partial charge is 0.478 e. The zero-order valence-electron chi connectivity index (χ0n) is 15.4. The Kier molecular flexibility index (Phi) is 30.5. The van der Waals surface area contributed by atoms with Gasteiger partial charge < -0.3 is 20.1 Å². The van der Waals surface area contributed by atoms with Crippen LogP contribution in [0.15, 0.2) is 12.2 Å². The molecule has 0 saturated heterocycles. The van der Waals surface area contributed by atoms with Crippen molar-refractivity contribution in [3.63, 3.8) is 0 Å². The van der Waals surface area contributed by atoms with Crippen molar-refractivity contribution < 1.29 is 24.9 Å². The van der Waals surface area contributed by atoms with E-state index in [0.717, 1.165) is 51.7 Å². The van der Waals surface area contributed by atoms with Gasteiger partial charge in [0.1, 0.15) is 0 Å². The molecule has 0 aliphatic carbocycles. The zero-order valence-corrected chi connectivity index (χ0v) is 15.4. The van der Waals surface area contributed by atoms with E-state index in [2.05, 4.69) is 20.4 Å². The van der Waals surface area contributed by atoms with E-state index in [1.54, 1.807) is 0 Å². The van der Waals surface area contributed by atoms with Gasteiger partial charge in [-0.15, -0.1) is 0 Å². The second-order valence-corrected chi connectivity index (χ2v) is 5.27. The Balaban J connectivity index is -0.000000272. The van der Waals surface area contributed by atoms with Crippen LogP contribution in [-0.2, 0) is 9.53 Å². The number of ether oxygens (including phenoxy) is 1. The number of unbranched alkanes of at least 4 members (excludes halogenated alkanes) is 5. The fourth-order valence-electron chi connectivity index (χ4n) is 1.32. The summed E-state index contributed by atoms with van der Waals surface area (Å²) in [5, 5.41) is 24.7. The molecule has 0 aromatic rings. The summed E-state index contributed by atoms with van der Waals surface area (Å²) in [6, 6.07) is 0. The normalized spacial score (nSPS) is 9.26. The molecule has 0 atom stereocenters. The van der Waals surface area contributed by atoms with Crippen molar-refractivity contribution in [3.05, 3.63) is 12.2 Å². The van der Waals surface area contributed by atoms with Crippen molar-refractivity contribution in [2.75, 3.05) is 26.4 Å². The molecule has 0 amide bonds. The first-order valence-corrected chi connectivity index (χ1v) is 8.66. The molecule has 0 aromatic heterocycles. The van der Waals surface area contributed by atoms with Crippen molar-refractivity contribution >= 4 is 5.97 Å². The molecule has 0 aliphatic rings. The maximum atomic E-state index is 9.60. The third kappa shape index (κ3) is 38.7. The first kappa shape index (κ1) is 27.0. The average Bonchev–Trinajstić information content (AvgIpc) is 2.52. The third-order valence-corrected chi connectivity index (χ3v) is 2.63. The van der Waals surface area contributed by atoms with Crippen LogP contribution in [0.5, 0.6) is 0 Å². The summed E-state index contributed by atoms with van der Waals surface area (Å²) in [5.74, 6) is -0.935. The standard InChI is InChI=1S/C8H18O2.C6H14O.C4H6O2/c9-7-5-3-1-2-4-6-8-10;1-3-5-7-6-4-2;1-3(2)4(5)6/h9-10H,1-8H2;3-6H2,1-2H3;1H2,2H3,(H,5,6). The monoisotopic (exact) mass is 334 g/mol. The first-order chi connectivity index (χ1) is 11.0. The van der Waals surface area contributed by atoms with Crippen LogP contribution in [0.2, 0.25) is 0 Å². The van der Waals surface area contributed by atoms with E-state index in [1.165, 1.54) is 19.8 Å². The highest BCUT2D eigenvalue weighted by molar-refractivity contribution is 5.84. The number of hydrogen-bond acceptors (Lipinski definition) is 4. The quantitative estimate of drug-likeness (QED) is 0.373. The molecule has 0 aliphatic heterocycles. The molecule has 23 heavy (non-hydrogen) atoms. The summed E-state index contributed by atoms with van der Waals surface area (Å²) < 4.78 is 5.13. The number of hydrogen-bond donors (Lipinski definition) is 3. The highest BCUT2D eigenvalue weighted by Crippen LogP contribution is 2.03. The summed E-state index contributed by atoms with van der Waals surface area (Å²) in [5.41, 5.74) is 0.176. The van der Waals surface area contributed by atoms with E-state index in [0.29, 0.717) is 13.2 Å². The fourth-order valence-corrected chi connectivity index (χ4v) is 1.32. The highest BCUT2D eigenvalue weighted by Gasteiger charge is 1.90. The van der Waals surface area contributed by atoms with Crippen molar-refractivity contribution in [1.82, 2.24) is 0 Å². The lowest BCUT2D eigenvalue weighted by Gasteiger charge is -1.97. The second-order valence-electron chi connectivity index (χ2n) is 5.27. The van der Waals surface area contributed by atoms with Crippen LogP contribution < -0.4 is 0 Å². The Morgan fingerprint density at radius 3 is 1.39 bits per heavy atom. The minimum atomic E-state index is -0.935. The van der Waals surface area contributed by atoms with Gasteiger partial charge in [-0.1, -0.05) is 46.1 Å². The van der Waals surface area contributed by atoms with Crippen molar-refractivity contribution in [2.24, 2.45) is 0 Å². The van der Waals surface area contributed by atoms with E-state index >= 15 is 0 Å². The molecule has 0 radical (unpaired) electrons. The lowest BCUT2D eigenvalue weighted by Crippen LogP contribution is -1.92.